The van der Waals surface area contributed by atoms with Crippen LogP contribution in [-0.4, -0.2) is 36.6 Å². The van der Waals surface area contributed by atoms with Gasteiger partial charge in [0.25, 0.3) is 0 Å². The van der Waals surface area contributed by atoms with Gasteiger partial charge in [-0.1, -0.05) is 26.7 Å². The van der Waals surface area contributed by atoms with Gasteiger partial charge in [0, 0.05) is 18.6 Å². The summed E-state index contributed by atoms with van der Waals surface area (Å²) in [6.45, 7) is 8.99. The first-order valence-corrected chi connectivity index (χ1v) is 7.63. The van der Waals surface area contributed by atoms with Gasteiger partial charge in [0.2, 0.25) is 0 Å². The lowest BCUT2D eigenvalue weighted by Gasteiger charge is -2.43. The van der Waals surface area contributed by atoms with Crippen molar-refractivity contribution >= 4 is 0 Å². The van der Waals surface area contributed by atoms with Gasteiger partial charge in [0.1, 0.15) is 0 Å². The molecule has 2 heterocycles. The molecule has 2 saturated heterocycles. The van der Waals surface area contributed by atoms with Crippen LogP contribution in [0.3, 0.4) is 0 Å². The van der Waals surface area contributed by atoms with Crippen molar-refractivity contribution in [3.8, 4) is 0 Å². The molecule has 2 aliphatic heterocycles. The van der Waals surface area contributed by atoms with Gasteiger partial charge in [0.15, 0.2) is 0 Å². The third-order valence-electron chi connectivity index (χ3n) is 5.56. The van der Waals surface area contributed by atoms with E-state index in [1.165, 1.54) is 58.2 Å². The standard InChI is InChI=1S/C15H28N2/c1-15(2)8-4-3-5-14(15)16-13-7-10-17-9-6-12(13)11-17/h12-14,16H,3-11H2,1-2H3. The Hall–Kier alpha value is -0.0800. The number of fused-ring (bicyclic) bond motifs is 2. The van der Waals surface area contributed by atoms with Crippen LogP contribution >= 0.6 is 0 Å². The lowest BCUT2D eigenvalue weighted by Crippen LogP contribution is -2.53. The van der Waals surface area contributed by atoms with E-state index in [1.807, 2.05) is 0 Å². The van der Waals surface area contributed by atoms with E-state index in [2.05, 4.69) is 24.1 Å². The van der Waals surface area contributed by atoms with Gasteiger partial charge in [-0.25, -0.2) is 0 Å². The van der Waals surface area contributed by atoms with E-state index in [1.54, 1.807) is 0 Å². The van der Waals surface area contributed by atoms with Crippen molar-refractivity contribution in [3.63, 3.8) is 0 Å². The number of rotatable bonds is 2. The molecule has 2 heteroatoms. The molecule has 0 aromatic heterocycles. The molecule has 1 aliphatic carbocycles. The molecular formula is C15H28N2. The molecule has 4 unspecified atom stereocenters. The van der Waals surface area contributed by atoms with Gasteiger partial charge in [-0.15, -0.1) is 0 Å². The van der Waals surface area contributed by atoms with Crippen molar-refractivity contribution in [2.24, 2.45) is 11.3 Å². The predicted octanol–water partition coefficient (Wildman–Crippen LogP) is 2.64. The number of hydrogen-bond acceptors (Lipinski definition) is 2. The van der Waals surface area contributed by atoms with Crippen molar-refractivity contribution in [1.29, 1.82) is 0 Å². The van der Waals surface area contributed by atoms with Crippen molar-refractivity contribution in [3.05, 3.63) is 0 Å². The fraction of sp³-hybridized carbons (Fsp3) is 1.00. The molecule has 1 N–H and O–H groups in total. The Balaban J connectivity index is 1.62. The second kappa shape index (κ2) is 4.55. The lowest BCUT2D eigenvalue weighted by molar-refractivity contribution is 0.125. The van der Waals surface area contributed by atoms with Gasteiger partial charge in [-0.2, -0.15) is 0 Å². The van der Waals surface area contributed by atoms with Crippen LogP contribution in [0, 0.1) is 11.3 Å². The smallest absolute Gasteiger partial charge is 0.0123 e. The molecule has 0 spiro atoms. The largest absolute Gasteiger partial charge is 0.310 e. The van der Waals surface area contributed by atoms with E-state index in [-0.39, 0.29) is 0 Å². The molecule has 2 bridgehead atoms. The maximum absolute atomic E-state index is 4.05. The molecule has 0 aromatic carbocycles. The van der Waals surface area contributed by atoms with Gasteiger partial charge in [-0.05, 0) is 50.1 Å². The molecule has 1 saturated carbocycles. The number of nitrogens with zero attached hydrogens (tertiary/aromatic N) is 1. The zero-order valence-corrected chi connectivity index (χ0v) is 11.5. The summed E-state index contributed by atoms with van der Waals surface area (Å²) in [7, 11) is 0. The van der Waals surface area contributed by atoms with Crippen LogP contribution in [0.4, 0.5) is 0 Å². The highest BCUT2D eigenvalue weighted by Gasteiger charge is 2.38. The minimum absolute atomic E-state index is 0.522. The van der Waals surface area contributed by atoms with Crippen molar-refractivity contribution in [1.82, 2.24) is 10.2 Å². The summed E-state index contributed by atoms with van der Waals surface area (Å²) in [4.78, 5) is 2.65. The van der Waals surface area contributed by atoms with Crippen LogP contribution in [0.5, 0.6) is 0 Å². The highest BCUT2D eigenvalue weighted by molar-refractivity contribution is 4.96. The molecular weight excluding hydrogens is 208 g/mol. The van der Waals surface area contributed by atoms with E-state index < -0.39 is 0 Å². The van der Waals surface area contributed by atoms with E-state index >= 15 is 0 Å². The minimum Gasteiger partial charge on any atom is -0.310 e. The number of nitrogens with one attached hydrogen (secondary N) is 1. The first-order chi connectivity index (χ1) is 8.15. The summed E-state index contributed by atoms with van der Waals surface area (Å²) in [5.74, 6) is 0.946. The second-order valence-corrected chi connectivity index (χ2v) is 7.20. The average molecular weight is 236 g/mol. The van der Waals surface area contributed by atoms with Gasteiger partial charge in [-0.3, -0.25) is 0 Å². The maximum atomic E-state index is 4.05. The first kappa shape index (κ1) is 12.0. The van der Waals surface area contributed by atoms with Crippen LogP contribution < -0.4 is 5.32 Å². The quantitative estimate of drug-likeness (QED) is 0.793. The zero-order chi connectivity index (χ0) is 11.9. The zero-order valence-electron chi connectivity index (χ0n) is 11.5. The summed E-state index contributed by atoms with van der Waals surface area (Å²) in [5, 5.41) is 4.05. The van der Waals surface area contributed by atoms with Crippen LogP contribution in [0.15, 0.2) is 0 Å². The van der Waals surface area contributed by atoms with E-state index in [9.17, 15) is 0 Å². The summed E-state index contributed by atoms with van der Waals surface area (Å²) in [6.07, 6.45) is 8.51. The SMILES string of the molecule is CC1(C)CCCCC1NC1CCN2CCC1C2. The van der Waals surface area contributed by atoms with Crippen molar-refractivity contribution in [2.45, 2.75) is 64.5 Å². The van der Waals surface area contributed by atoms with E-state index in [0.717, 1.165) is 18.0 Å². The summed E-state index contributed by atoms with van der Waals surface area (Å²) < 4.78 is 0. The Kier molecular flexibility index (Phi) is 3.20. The lowest BCUT2D eigenvalue weighted by atomic mass is 9.72. The van der Waals surface area contributed by atoms with Crippen LogP contribution in [-0.2, 0) is 0 Å². The summed E-state index contributed by atoms with van der Waals surface area (Å²) >= 11 is 0. The molecule has 98 valence electrons. The normalized spacial score (nSPS) is 44.8. The molecule has 4 atom stereocenters. The van der Waals surface area contributed by atoms with Gasteiger partial charge >= 0.3 is 0 Å². The van der Waals surface area contributed by atoms with Gasteiger partial charge < -0.3 is 10.2 Å². The summed E-state index contributed by atoms with van der Waals surface area (Å²) in [5.41, 5.74) is 0.522. The Morgan fingerprint density at radius 3 is 2.71 bits per heavy atom. The molecule has 3 aliphatic rings. The van der Waals surface area contributed by atoms with Gasteiger partial charge in [0.05, 0.1) is 0 Å². The van der Waals surface area contributed by atoms with E-state index in [4.69, 9.17) is 0 Å². The third-order valence-corrected chi connectivity index (χ3v) is 5.56. The van der Waals surface area contributed by atoms with Crippen LogP contribution in [0.25, 0.3) is 0 Å². The highest BCUT2D eigenvalue weighted by atomic mass is 15.2. The summed E-state index contributed by atoms with van der Waals surface area (Å²) in [6, 6.07) is 1.59. The molecule has 0 radical (unpaired) electrons. The topological polar surface area (TPSA) is 15.3 Å². The molecule has 3 fully saturated rings. The highest BCUT2D eigenvalue weighted by Crippen LogP contribution is 2.37. The molecule has 2 nitrogen and oxygen atoms in total. The Bertz CT molecular complexity index is 274. The Morgan fingerprint density at radius 1 is 1.06 bits per heavy atom. The predicted molar refractivity (Wildman–Crippen MR) is 72.1 cm³/mol. The molecule has 0 aromatic rings. The molecule has 17 heavy (non-hydrogen) atoms. The Morgan fingerprint density at radius 2 is 1.88 bits per heavy atom. The first-order valence-electron chi connectivity index (χ1n) is 7.63. The van der Waals surface area contributed by atoms with Crippen LogP contribution in [0.1, 0.15) is 52.4 Å². The van der Waals surface area contributed by atoms with Crippen molar-refractivity contribution in [2.75, 3.05) is 19.6 Å². The molecule has 3 rings (SSSR count). The number of hydrogen-bond donors (Lipinski definition) is 1. The maximum Gasteiger partial charge on any atom is 0.0123 e. The van der Waals surface area contributed by atoms with Crippen LogP contribution in [0.2, 0.25) is 0 Å². The average Bonchev–Trinajstić information content (AvgIpc) is 2.68. The Labute approximate surface area is 106 Å². The molecule has 0 amide bonds. The minimum atomic E-state index is 0.522. The second-order valence-electron chi connectivity index (χ2n) is 7.20. The van der Waals surface area contributed by atoms with Crippen molar-refractivity contribution < 1.29 is 0 Å². The fourth-order valence-electron chi connectivity index (χ4n) is 4.23. The monoisotopic (exact) mass is 236 g/mol. The third kappa shape index (κ3) is 2.39. The fourth-order valence-corrected chi connectivity index (χ4v) is 4.23. The number of piperidine rings is 1. The van der Waals surface area contributed by atoms with E-state index in [0.29, 0.717) is 5.41 Å².